The molecule has 4 N–H and O–H groups in total. The molecule has 1 aliphatic rings. The van der Waals surface area contributed by atoms with E-state index in [2.05, 4.69) is 0 Å². The van der Waals surface area contributed by atoms with Gasteiger partial charge in [-0.3, -0.25) is 0 Å². The van der Waals surface area contributed by atoms with E-state index >= 15 is 0 Å². The summed E-state index contributed by atoms with van der Waals surface area (Å²) in [5, 5.41) is 0. The Bertz CT molecular complexity index is 336. The summed E-state index contributed by atoms with van der Waals surface area (Å²) < 4.78 is 5.14. The largest absolute Gasteiger partial charge is 0.495 e. The molecule has 1 aromatic carbocycles. The van der Waals surface area contributed by atoms with Crippen LogP contribution in [0.5, 0.6) is 5.75 Å². The zero-order valence-electron chi connectivity index (χ0n) is 7.71. The summed E-state index contributed by atoms with van der Waals surface area (Å²) >= 11 is 0. The highest BCUT2D eigenvalue weighted by molar-refractivity contribution is 5.58. The number of nitrogen functional groups attached to an aromatic ring is 1. The van der Waals surface area contributed by atoms with Crippen molar-refractivity contribution in [2.75, 3.05) is 12.8 Å². The standard InChI is InChI=1S/C10H14N2O/c1-13-10-4-6-2-3-8(11)7(6)5-9(10)12/h4-5,8H,2-3,11-12H2,1H3/t8-/m0/s1. The smallest absolute Gasteiger partial charge is 0.142 e. The van der Waals surface area contributed by atoms with Gasteiger partial charge in [0.05, 0.1) is 12.8 Å². The zero-order valence-corrected chi connectivity index (χ0v) is 7.71. The fourth-order valence-corrected chi connectivity index (χ4v) is 1.86. The number of fused-ring (bicyclic) bond motifs is 1. The number of rotatable bonds is 1. The number of hydrogen-bond donors (Lipinski definition) is 2. The number of anilines is 1. The van der Waals surface area contributed by atoms with Crippen molar-refractivity contribution in [3.05, 3.63) is 23.3 Å². The summed E-state index contributed by atoms with van der Waals surface area (Å²) in [5.41, 5.74) is 14.8. The molecule has 0 saturated carbocycles. The van der Waals surface area contributed by atoms with E-state index < -0.39 is 0 Å². The normalized spacial score (nSPS) is 20.0. The summed E-state index contributed by atoms with van der Waals surface area (Å²) in [7, 11) is 1.63. The van der Waals surface area contributed by atoms with Crippen LogP contribution < -0.4 is 16.2 Å². The lowest BCUT2D eigenvalue weighted by Gasteiger charge is -2.09. The molecule has 1 atom stereocenters. The van der Waals surface area contributed by atoms with Gasteiger partial charge in [-0.2, -0.15) is 0 Å². The van der Waals surface area contributed by atoms with Gasteiger partial charge in [0, 0.05) is 6.04 Å². The van der Waals surface area contributed by atoms with E-state index in [0.29, 0.717) is 5.69 Å². The van der Waals surface area contributed by atoms with E-state index in [1.807, 2.05) is 12.1 Å². The van der Waals surface area contributed by atoms with Crippen molar-refractivity contribution in [3.63, 3.8) is 0 Å². The van der Waals surface area contributed by atoms with Crippen molar-refractivity contribution in [2.45, 2.75) is 18.9 Å². The Morgan fingerprint density at radius 2 is 2.23 bits per heavy atom. The van der Waals surface area contributed by atoms with E-state index in [1.165, 1.54) is 11.1 Å². The van der Waals surface area contributed by atoms with Crippen LogP contribution in [0.4, 0.5) is 5.69 Å². The van der Waals surface area contributed by atoms with Crippen LogP contribution in [0.3, 0.4) is 0 Å². The Balaban J connectivity index is 2.50. The highest BCUT2D eigenvalue weighted by atomic mass is 16.5. The maximum absolute atomic E-state index is 5.91. The van der Waals surface area contributed by atoms with Crippen molar-refractivity contribution >= 4 is 5.69 Å². The topological polar surface area (TPSA) is 61.3 Å². The van der Waals surface area contributed by atoms with Crippen molar-refractivity contribution in [2.24, 2.45) is 5.73 Å². The molecule has 0 heterocycles. The Kier molecular flexibility index (Phi) is 1.88. The average molecular weight is 178 g/mol. The summed E-state index contributed by atoms with van der Waals surface area (Å²) in [5.74, 6) is 0.757. The number of ether oxygens (including phenoxy) is 1. The minimum absolute atomic E-state index is 0.156. The molecule has 0 unspecified atom stereocenters. The Morgan fingerprint density at radius 3 is 2.92 bits per heavy atom. The Hall–Kier alpha value is -1.22. The highest BCUT2D eigenvalue weighted by Gasteiger charge is 2.20. The van der Waals surface area contributed by atoms with Gasteiger partial charge in [-0.25, -0.2) is 0 Å². The van der Waals surface area contributed by atoms with E-state index in [9.17, 15) is 0 Å². The monoisotopic (exact) mass is 178 g/mol. The first-order valence-electron chi connectivity index (χ1n) is 4.44. The minimum Gasteiger partial charge on any atom is -0.495 e. The molecule has 0 amide bonds. The third-order valence-corrected chi connectivity index (χ3v) is 2.62. The second-order valence-electron chi connectivity index (χ2n) is 3.44. The van der Waals surface area contributed by atoms with Crippen LogP contribution in [0.25, 0.3) is 0 Å². The van der Waals surface area contributed by atoms with Gasteiger partial charge >= 0.3 is 0 Å². The first-order valence-corrected chi connectivity index (χ1v) is 4.44. The molecule has 13 heavy (non-hydrogen) atoms. The SMILES string of the molecule is COc1cc2c(cc1N)[C@@H](N)CC2. The molecule has 0 aromatic heterocycles. The van der Waals surface area contributed by atoms with E-state index in [-0.39, 0.29) is 6.04 Å². The number of benzene rings is 1. The van der Waals surface area contributed by atoms with Crippen LogP contribution in [0, 0.1) is 0 Å². The maximum Gasteiger partial charge on any atom is 0.142 e. The fraction of sp³-hybridized carbons (Fsp3) is 0.400. The van der Waals surface area contributed by atoms with E-state index in [0.717, 1.165) is 18.6 Å². The lowest BCUT2D eigenvalue weighted by Crippen LogP contribution is -2.06. The molecule has 70 valence electrons. The first kappa shape index (κ1) is 8.38. The number of methoxy groups -OCH3 is 1. The predicted octanol–water partition coefficient (Wildman–Crippen LogP) is 1.22. The van der Waals surface area contributed by atoms with Gasteiger partial charge in [-0.1, -0.05) is 0 Å². The van der Waals surface area contributed by atoms with Crippen molar-refractivity contribution in [1.29, 1.82) is 0 Å². The maximum atomic E-state index is 5.91. The molecule has 0 aliphatic heterocycles. The minimum atomic E-state index is 0.156. The fourth-order valence-electron chi connectivity index (χ4n) is 1.86. The molecule has 2 rings (SSSR count). The molecule has 0 radical (unpaired) electrons. The lowest BCUT2D eigenvalue weighted by atomic mass is 10.1. The molecule has 0 bridgehead atoms. The van der Waals surface area contributed by atoms with Crippen molar-refractivity contribution in [3.8, 4) is 5.75 Å². The third-order valence-electron chi connectivity index (χ3n) is 2.62. The average Bonchev–Trinajstić information content (AvgIpc) is 2.47. The van der Waals surface area contributed by atoms with E-state index in [1.54, 1.807) is 7.11 Å². The van der Waals surface area contributed by atoms with Crippen LogP contribution in [-0.2, 0) is 6.42 Å². The number of aryl methyl sites for hydroxylation is 1. The van der Waals surface area contributed by atoms with Gasteiger partial charge in [0.25, 0.3) is 0 Å². The summed E-state index contributed by atoms with van der Waals surface area (Å²) in [6.07, 6.45) is 2.05. The molecule has 1 aliphatic carbocycles. The van der Waals surface area contributed by atoms with Gasteiger partial charge < -0.3 is 16.2 Å². The van der Waals surface area contributed by atoms with Gasteiger partial charge in [0.15, 0.2) is 0 Å². The van der Waals surface area contributed by atoms with Gasteiger partial charge in [0.2, 0.25) is 0 Å². The molecule has 3 nitrogen and oxygen atoms in total. The first-order chi connectivity index (χ1) is 6.22. The highest BCUT2D eigenvalue weighted by Crippen LogP contribution is 2.35. The zero-order chi connectivity index (χ0) is 9.42. The van der Waals surface area contributed by atoms with Gasteiger partial charge in [0.1, 0.15) is 5.75 Å². The molecule has 3 heteroatoms. The van der Waals surface area contributed by atoms with Crippen molar-refractivity contribution in [1.82, 2.24) is 0 Å². The second kappa shape index (κ2) is 2.92. The lowest BCUT2D eigenvalue weighted by molar-refractivity contribution is 0.416. The number of nitrogens with two attached hydrogens (primary N) is 2. The molecule has 0 fully saturated rings. The van der Waals surface area contributed by atoms with Gasteiger partial charge in [-0.15, -0.1) is 0 Å². The second-order valence-corrected chi connectivity index (χ2v) is 3.44. The molecular weight excluding hydrogens is 164 g/mol. The Morgan fingerprint density at radius 1 is 1.46 bits per heavy atom. The molecular formula is C10H14N2O. The third kappa shape index (κ3) is 1.25. The van der Waals surface area contributed by atoms with Crippen LogP contribution in [-0.4, -0.2) is 7.11 Å². The van der Waals surface area contributed by atoms with Crippen LogP contribution >= 0.6 is 0 Å². The van der Waals surface area contributed by atoms with Crippen LogP contribution in [0.1, 0.15) is 23.6 Å². The summed E-state index contributed by atoms with van der Waals surface area (Å²) in [6, 6.07) is 4.09. The van der Waals surface area contributed by atoms with E-state index in [4.69, 9.17) is 16.2 Å². The molecule has 0 saturated heterocycles. The quantitative estimate of drug-likeness (QED) is 0.636. The number of hydrogen-bond acceptors (Lipinski definition) is 3. The predicted molar refractivity (Wildman–Crippen MR) is 52.7 cm³/mol. The molecule has 1 aromatic rings. The van der Waals surface area contributed by atoms with Gasteiger partial charge in [-0.05, 0) is 36.1 Å². The van der Waals surface area contributed by atoms with Crippen LogP contribution in [0.15, 0.2) is 12.1 Å². The van der Waals surface area contributed by atoms with Crippen LogP contribution in [0.2, 0.25) is 0 Å². The summed E-state index contributed by atoms with van der Waals surface area (Å²) in [6.45, 7) is 0. The summed E-state index contributed by atoms with van der Waals surface area (Å²) in [4.78, 5) is 0. The molecule has 0 spiro atoms. The van der Waals surface area contributed by atoms with Crippen molar-refractivity contribution < 1.29 is 4.74 Å². The Labute approximate surface area is 77.7 Å².